The van der Waals surface area contributed by atoms with Gasteiger partial charge >= 0.3 is 0 Å². The number of anilines is 2. The summed E-state index contributed by atoms with van der Waals surface area (Å²) in [6.07, 6.45) is 0. The van der Waals surface area contributed by atoms with Gasteiger partial charge in [0.2, 0.25) is 0 Å². The van der Waals surface area contributed by atoms with E-state index in [0.717, 1.165) is 20.8 Å². The number of hydrogen-bond acceptors (Lipinski definition) is 3. The number of para-hydroxylation sites is 2. The first-order chi connectivity index (χ1) is 8.33. The first kappa shape index (κ1) is 10.7. The minimum atomic E-state index is 0.915. The van der Waals surface area contributed by atoms with Crippen molar-refractivity contribution in [3.05, 3.63) is 53.0 Å². The zero-order chi connectivity index (χ0) is 11.7. The first-order valence-corrected chi connectivity index (χ1v) is 6.81. The maximum Gasteiger partial charge on any atom is 0.188 e. The van der Waals surface area contributed by atoms with Crippen molar-refractivity contribution in [1.82, 2.24) is 4.98 Å². The Morgan fingerprint density at radius 2 is 1.76 bits per heavy atom. The largest absolute Gasteiger partial charge is 0.331 e. The normalized spacial score (nSPS) is 10.6. The van der Waals surface area contributed by atoms with Crippen LogP contribution >= 0.6 is 27.3 Å². The van der Waals surface area contributed by atoms with Gasteiger partial charge in [-0.3, -0.25) is 0 Å². The van der Waals surface area contributed by atoms with Gasteiger partial charge in [-0.15, -0.1) is 0 Å². The van der Waals surface area contributed by atoms with Gasteiger partial charge in [0.1, 0.15) is 0 Å². The first-order valence-electron chi connectivity index (χ1n) is 5.20. The Kier molecular flexibility index (Phi) is 2.82. The summed E-state index contributed by atoms with van der Waals surface area (Å²) < 4.78 is 2.24. The summed E-state index contributed by atoms with van der Waals surface area (Å²) in [4.78, 5) is 4.54. The van der Waals surface area contributed by atoms with E-state index >= 15 is 0 Å². The molecule has 2 nitrogen and oxygen atoms in total. The van der Waals surface area contributed by atoms with E-state index in [-0.39, 0.29) is 0 Å². The molecule has 0 radical (unpaired) electrons. The van der Waals surface area contributed by atoms with Gasteiger partial charge < -0.3 is 5.32 Å². The van der Waals surface area contributed by atoms with Crippen molar-refractivity contribution in [2.24, 2.45) is 0 Å². The zero-order valence-corrected chi connectivity index (χ0v) is 11.3. The summed E-state index contributed by atoms with van der Waals surface area (Å²) in [5.74, 6) is 0. The molecule has 0 spiro atoms. The van der Waals surface area contributed by atoms with Crippen molar-refractivity contribution >= 4 is 48.3 Å². The van der Waals surface area contributed by atoms with Crippen LogP contribution in [-0.4, -0.2) is 4.98 Å². The Balaban J connectivity index is 1.98. The van der Waals surface area contributed by atoms with E-state index in [1.807, 2.05) is 42.5 Å². The van der Waals surface area contributed by atoms with Crippen LogP contribution in [0.3, 0.4) is 0 Å². The fraction of sp³-hybridized carbons (Fsp3) is 0. The maximum absolute atomic E-state index is 4.54. The lowest BCUT2D eigenvalue weighted by atomic mass is 10.3. The third-order valence-corrected chi connectivity index (χ3v) is 4.05. The Labute approximate surface area is 111 Å². The number of halogens is 1. The van der Waals surface area contributed by atoms with Crippen LogP contribution in [0.15, 0.2) is 53.0 Å². The smallest absolute Gasteiger partial charge is 0.188 e. The topological polar surface area (TPSA) is 24.9 Å². The molecule has 0 fully saturated rings. The monoisotopic (exact) mass is 304 g/mol. The number of rotatable bonds is 2. The van der Waals surface area contributed by atoms with E-state index in [1.54, 1.807) is 11.3 Å². The molecule has 17 heavy (non-hydrogen) atoms. The Bertz CT molecular complexity index is 630. The summed E-state index contributed by atoms with van der Waals surface area (Å²) in [5, 5.41) is 4.24. The van der Waals surface area contributed by atoms with Crippen LogP contribution in [0.25, 0.3) is 10.2 Å². The molecule has 0 saturated carbocycles. The number of hydrogen-bond donors (Lipinski definition) is 1. The molecule has 3 rings (SSSR count). The Hall–Kier alpha value is -1.39. The van der Waals surface area contributed by atoms with Gasteiger partial charge in [-0.2, -0.15) is 0 Å². The summed E-state index contributed by atoms with van der Waals surface area (Å²) >= 11 is 5.17. The van der Waals surface area contributed by atoms with E-state index in [2.05, 4.69) is 32.3 Å². The van der Waals surface area contributed by atoms with Gasteiger partial charge in [0.25, 0.3) is 0 Å². The van der Waals surface area contributed by atoms with Crippen molar-refractivity contribution < 1.29 is 0 Å². The number of benzene rings is 2. The molecule has 0 aliphatic rings. The van der Waals surface area contributed by atoms with Crippen molar-refractivity contribution in [3.63, 3.8) is 0 Å². The fourth-order valence-corrected chi connectivity index (χ4v) is 2.87. The molecule has 0 amide bonds. The van der Waals surface area contributed by atoms with Gasteiger partial charge in [-0.05, 0) is 40.2 Å². The highest BCUT2D eigenvalue weighted by Gasteiger charge is 2.04. The highest BCUT2D eigenvalue weighted by atomic mass is 79.9. The quantitative estimate of drug-likeness (QED) is 0.735. The van der Waals surface area contributed by atoms with E-state index in [9.17, 15) is 0 Å². The lowest BCUT2D eigenvalue weighted by molar-refractivity contribution is 1.44. The van der Waals surface area contributed by atoms with Gasteiger partial charge in [-0.25, -0.2) is 4.98 Å². The molecular weight excluding hydrogens is 296 g/mol. The molecule has 84 valence electrons. The van der Waals surface area contributed by atoms with E-state index in [0.29, 0.717) is 0 Å². The Morgan fingerprint density at radius 1 is 1.00 bits per heavy atom. The van der Waals surface area contributed by atoms with Gasteiger partial charge in [0.05, 0.1) is 15.9 Å². The summed E-state index contributed by atoms with van der Waals surface area (Å²) in [6.45, 7) is 0. The molecule has 0 atom stereocenters. The molecule has 0 aliphatic heterocycles. The average molecular weight is 305 g/mol. The standard InChI is InChI=1S/C13H9BrN2S/c14-9-5-1-2-6-10(9)15-13-16-11-7-3-4-8-12(11)17-13/h1-8H,(H,15,16). The predicted octanol–water partition coefficient (Wildman–Crippen LogP) is 4.80. The van der Waals surface area contributed by atoms with Crippen molar-refractivity contribution in [1.29, 1.82) is 0 Å². The summed E-state index contributed by atoms with van der Waals surface area (Å²) in [7, 11) is 0. The molecule has 1 heterocycles. The minimum Gasteiger partial charge on any atom is -0.331 e. The van der Waals surface area contributed by atoms with Crippen LogP contribution in [0.4, 0.5) is 10.8 Å². The summed E-state index contributed by atoms with van der Waals surface area (Å²) in [6, 6.07) is 16.2. The number of aromatic nitrogens is 1. The molecule has 4 heteroatoms. The highest BCUT2D eigenvalue weighted by molar-refractivity contribution is 9.10. The molecule has 1 N–H and O–H groups in total. The maximum atomic E-state index is 4.54. The van der Waals surface area contributed by atoms with Crippen molar-refractivity contribution in [3.8, 4) is 0 Å². The van der Waals surface area contributed by atoms with E-state index < -0.39 is 0 Å². The van der Waals surface area contributed by atoms with Crippen LogP contribution in [0.1, 0.15) is 0 Å². The van der Waals surface area contributed by atoms with Gasteiger partial charge in [-0.1, -0.05) is 35.6 Å². The number of nitrogens with zero attached hydrogens (tertiary/aromatic N) is 1. The van der Waals surface area contributed by atoms with Crippen LogP contribution in [0.2, 0.25) is 0 Å². The van der Waals surface area contributed by atoms with Crippen LogP contribution in [0, 0.1) is 0 Å². The van der Waals surface area contributed by atoms with Gasteiger partial charge in [0.15, 0.2) is 5.13 Å². The molecule has 0 aliphatic carbocycles. The minimum absolute atomic E-state index is 0.915. The van der Waals surface area contributed by atoms with Crippen molar-refractivity contribution in [2.45, 2.75) is 0 Å². The third kappa shape index (κ3) is 2.18. The fourth-order valence-electron chi connectivity index (χ4n) is 1.60. The molecule has 0 unspecified atom stereocenters. The lowest BCUT2D eigenvalue weighted by Gasteiger charge is -2.03. The molecule has 0 saturated heterocycles. The second-order valence-electron chi connectivity index (χ2n) is 3.59. The zero-order valence-electron chi connectivity index (χ0n) is 8.85. The average Bonchev–Trinajstić information content (AvgIpc) is 2.74. The van der Waals surface area contributed by atoms with E-state index in [4.69, 9.17) is 0 Å². The molecular formula is C13H9BrN2S. The van der Waals surface area contributed by atoms with Gasteiger partial charge in [0, 0.05) is 4.47 Å². The van der Waals surface area contributed by atoms with Crippen LogP contribution < -0.4 is 5.32 Å². The molecule has 3 aromatic rings. The highest BCUT2D eigenvalue weighted by Crippen LogP contribution is 2.30. The molecule has 1 aromatic heterocycles. The SMILES string of the molecule is Brc1ccccc1Nc1nc2ccccc2s1. The predicted molar refractivity (Wildman–Crippen MR) is 77.0 cm³/mol. The lowest BCUT2D eigenvalue weighted by Crippen LogP contribution is -1.89. The number of nitrogens with one attached hydrogen (secondary N) is 1. The summed E-state index contributed by atoms with van der Waals surface area (Å²) in [5.41, 5.74) is 2.07. The van der Waals surface area contributed by atoms with E-state index in [1.165, 1.54) is 4.70 Å². The van der Waals surface area contributed by atoms with Crippen molar-refractivity contribution in [2.75, 3.05) is 5.32 Å². The third-order valence-electron chi connectivity index (χ3n) is 2.41. The number of thiazole rings is 1. The second-order valence-corrected chi connectivity index (χ2v) is 5.48. The molecule has 0 bridgehead atoms. The molecule has 2 aromatic carbocycles. The van der Waals surface area contributed by atoms with Crippen LogP contribution in [-0.2, 0) is 0 Å². The Morgan fingerprint density at radius 3 is 2.59 bits per heavy atom. The second kappa shape index (κ2) is 4.47. The van der Waals surface area contributed by atoms with Crippen LogP contribution in [0.5, 0.6) is 0 Å². The number of fused-ring (bicyclic) bond motifs is 1.